The molecule has 1 amide bonds. The van der Waals surface area contributed by atoms with Crippen molar-refractivity contribution in [2.45, 2.75) is 31.7 Å². The summed E-state index contributed by atoms with van der Waals surface area (Å²) in [6.07, 6.45) is 5.75. The van der Waals surface area contributed by atoms with Crippen LogP contribution in [0.2, 0.25) is 0 Å². The van der Waals surface area contributed by atoms with Crippen molar-refractivity contribution in [2.75, 3.05) is 38.3 Å². The van der Waals surface area contributed by atoms with Crippen molar-refractivity contribution in [2.24, 2.45) is 17.8 Å². The summed E-state index contributed by atoms with van der Waals surface area (Å²) >= 11 is 0. The smallest absolute Gasteiger partial charge is 0.223 e. The van der Waals surface area contributed by atoms with Gasteiger partial charge in [0.1, 0.15) is 12.1 Å². The van der Waals surface area contributed by atoms with E-state index in [0.717, 1.165) is 37.7 Å². The molecule has 2 aliphatic heterocycles. The van der Waals surface area contributed by atoms with Gasteiger partial charge in [0.15, 0.2) is 0 Å². The van der Waals surface area contributed by atoms with Crippen LogP contribution in [0.25, 0.3) is 0 Å². The van der Waals surface area contributed by atoms with Crippen molar-refractivity contribution in [3.05, 3.63) is 12.4 Å². The second-order valence-electron chi connectivity index (χ2n) is 7.33. The third-order valence-electron chi connectivity index (χ3n) is 5.67. The molecule has 1 N–H and O–H groups in total. The van der Waals surface area contributed by atoms with Gasteiger partial charge in [0.05, 0.1) is 13.2 Å². The number of amides is 1. The summed E-state index contributed by atoms with van der Waals surface area (Å²) in [4.78, 5) is 23.4. The van der Waals surface area contributed by atoms with Crippen LogP contribution in [0.4, 0.5) is 5.82 Å². The van der Waals surface area contributed by atoms with Gasteiger partial charge in [0.25, 0.3) is 0 Å². The predicted molar refractivity (Wildman–Crippen MR) is 92.5 cm³/mol. The highest BCUT2D eigenvalue weighted by Gasteiger charge is 2.44. The van der Waals surface area contributed by atoms with E-state index in [1.807, 2.05) is 6.07 Å². The highest BCUT2D eigenvalue weighted by Crippen LogP contribution is 2.42. The summed E-state index contributed by atoms with van der Waals surface area (Å²) in [6, 6.07) is 2.07. The number of carbonyl (C=O) groups excluding carboxylic acids is 1. The highest BCUT2D eigenvalue weighted by atomic mass is 16.5. The molecule has 0 unspecified atom stereocenters. The van der Waals surface area contributed by atoms with Crippen LogP contribution in [0.15, 0.2) is 12.4 Å². The second kappa shape index (κ2) is 7.15. The quantitative estimate of drug-likeness (QED) is 0.864. The van der Waals surface area contributed by atoms with Gasteiger partial charge in [0.2, 0.25) is 11.8 Å². The summed E-state index contributed by atoms with van der Waals surface area (Å²) in [6.45, 7) is 3.13. The molecule has 7 nitrogen and oxygen atoms in total. The standard InChI is InChI=1S/C18H26N4O3/c1-24-17-8-16(19-11-20-17)22-9-14(12-2-3-12)15(10-22)21-18(23)13-4-6-25-7-5-13/h8,11-15H,2-7,9-10H2,1H3,(H,21,23)/t14-,15+/m1/s1. The zero-order valence-corrected chi connectivity index (χ0v) is 14.7. The Morgan fingerprint density at radius 3 is 2.76 bits per heavy atom. The van der Waals surface area contributed by atoms with Crippen molar-refractivity contribution in [3.63, 3.8) is 0 Å². The first kappa shape index (κ1) is 16.6. The Morgan fingerprint density at radius 2 is 2.04 bits per heavy atom. The fraction of sp³-hybridized carbons (Fsp3) is 0.722. The molecular weight excluding hydrogens is 320 g/mol. The van der Waals surface area contributed by atoms with Gasteiger partial charge in [-0.15, -0.1) is 0 Å². The second-order valence-corrected chi connectivity index (χ2v) is 7.33. The number of nitrogens with one attached hydrogen (secondary N) is 1. The first-order valence-corrected chi connectivity index (χ1v) is 9.23. The number of anilines is 1. The number of rotatable bonds is 5. The van der Waals surface area contributed by atoms with Crippen molar-refractivity contribution < 1.29 is 14.3 Å². The first-order chi connectivity index (χ1) is 12.2. The van der Waals surface area contributed by atoms with Gasteiger partial charge in [-0.25, -0.2) is 9.97 Å². The molecule has 7 heteroatoms. The normalized spacial score (nSPS) is 27.3. The molecular formula is C18H26N4O3. The third-order valence-corrected chi connectivity index (χ3v) is 5.67. The lowest BCUT2D eigenvalue weighted by molar-refractivity contribution is -0.128. The van der Waals surface area contributed by atoms with Crippen molar-refractivity contribution in [1.29, 1.82) is 0 Å². The predicted octanol–water partition coefficient (Wildman–Crippen LogP) is 1.24. The minimum absolute atomic E-state index is 0.0989. The van der Waals surface area contributed by atoms with E-state index in [1.54, 1.807) is 7.11 Å². The summed E-state index contributed by atoms with van der Waals surface area (Å²) in [5, 5.41) is 3.34. The van der Waals surface area contributed by atoms with E-state index in [-0.39, 0.29) is 17.9 Å². The minimum atomic E-state index is 0.0989. The maximum absolute atomic E-state index is 12.7. The Balaban J connectivity index is 1.44. The molecule has 2 atom stereocenters. The van der Waals surface area contributed by atoms with Gasteiger partial charge < -0.3 is 19.7 Å². The molecule has 3 heterocycles. The molecule has 25 heavy (non-hydrogen) atoms. The molecule has 1 saturated carbocycles. The number of methoxy groups -OCH3 is 1. The van der Waals surface area contributed by atoms with Crippen LogP contribution < -0.4 is 15.0 Å². The van der Waals surface area contributed by atoms with Crippen LogP contribution in [0, 0.1) is 17.8 Å². The van der Waals surface area contributed by atoms with Crippen LogP contribution in [-0.4, -0.2) is 55.3 Å². The van der Waals surface area contributed by atoms with E-state index in [1.165, 1.54) is 19.2 Å². The van der Waals surface area contributed by atoms with Crippen molar-refractivity contribution in [1.82, 2.24) is 15.3 Å². The Labute approximate surface area is 148 Å². The van der Waals surface area contributed by atoms with Gasteiger partial charge in [-0.1, -0.05) is 0 Å². The molecule has 1 aliphatic carbocycles. The number of ether oxygens (including phenoxy) is 2. The Hall–Kier alpha value is -1.89. The Morgan fingerprint density at radius 1 is 1.24 bits per heavy atom. The zero-order valence-electron chi connectivity index (χ0n) is 14.7. The lowest BCUT2D eigenvalue weighted by Gasteiger charge is -2.25. The van der Waals surface area contributed by atoms with Crippen LogP contribution in [0.1, 0.15) is 25.7 Å². The molecule has 0 aromatic carbocycles. The van der Waals surface area contributed by atoms with Crippen LogP contribution >= 0.6 is 0 Å². The lowest BCUT2D eigenvalue weighted by Crippen LogP contribution is -2.45. The minimum Gasteiger partial charge on any atom is -0.481 e. The largest absolute Gasteiger partial charge is 0.481 e. The number of hydrogen-bond donors (Lipinski definition) is 1. The molecule has 4 rings (SSSR count). The molecule has 0 radical (unpaired) electrons. The highest BCUT2D eigenvalue weighted by molar-refractivity contribution is 5.79. The van der Waals surface area contributed by atoms with Gasteiger partial charge in [-0.3, -0.25) is 4.79 Å². The first-order valence-electron chi connectivity index (χ1n) is 9.23. The third kappa shape index (κ3) is 3.71. The molecule has 3 aliphatic rings. The van der Waals surface area contributed by atoms with Gasteiger partial charge in [-0.2, -0.15) is 0 Å². The number of hydrogen-bond acceptors (Lipinski definition) is 6. The van der Waals surface area contributed by atoms with Crippen LogP contribution in [0.3, 0.4) is 0 Å². The van der Waals surface area contributed by atoms with Crippen LogP contribution in [-0.2, 0) is 9.53 Å². The van der Waals surface area contributed by atoms with E-state index >= 15 is 0 Å². The van der Waals surface area contributed by atoms with Gasteiger partial charge >= 0.3 is 0 Å². The molecule has 136 valence electrons. The average molecular weight is 346 g/mol. The van der Waals surface area contributed by atoms with Gasteiger partial charge in [-0.05, 0) is 31.6 Å². The average Bonchev–Trinajstić information content (AvgIpc) is 3.43. The number of carbonyl (C=O) groups is 1. The monoisotopic (exact) mass is 346 g/mol. The number of aromatic nitrogens is 2. The van der Waals surface area contributed by atoms with Crippen LogP contribution in [0.5, 0.6) is 5.88 Å². The van der Waals surface area contributed by atoms with Crippen molar-refractivity contribution >= 4 is 11.7 Å². The molecule has 0 spiro atoms. The Bertz CT molecular complexity index is 616. The topological polar surface area (TPSA) is 76.6 Å². The van der Waals surface area contributed by atoms with E-state index in [4.69, 9.17) is 9.47 Å². The molecule has 3 fully saturated rings. The van der Waals surface area contributed by atoms with E-state index in [0.29, 0.717) is 25.0 Å². The lowest BCUT2D eigenvalue weighted by atomic mass is 9.95. The van der Waals surface area contributed by atoms with E-state index in [2.05, 4.69) is 20.2 Å². The molecule has 1 aromatic heterocycles. The molecule has 2 saturated heterocycles. The molecule has 1 aromatic rings. The summed E-state index contributed by atoms with van der Waals surface area (Å²) in [5.74, 6) is 2.98. The maximum atomic E-state index is 12.7. The fourth-order valence-electron chi connectivity index (χ4n) is 4.05. The van der Waals surface area contributed by atoms with E-state index in [9.17, 15) is 4.79 Å². The summed E-state index contributed by atoms with van der Waals surface area (Å²) in [5.41, 5.74) is 0. The maximum Gasteiger partial charge on any atom is 0.223 e. The fourth-order valence-corrected chi connectivity index (χ4v) is 4.05. The SMILES string of the molecule is COc1cc(N2C[C@H](NC(=O)C3CCOCC3)[C@@H](C3CC3)C2)ncn1. The summed E-state index contributed by atoms with van der Waals surface area (Å²) < 4.78 is 10.6. The molecule has 0 bridgehead atoms. The van der Waals surface area contributed by atoms with Gasteiger partial charge in [0, 0.05) is 44.2 Å². The zero-order chi connectivity index (χ0) is 17.2. The van der Waals surface area contributed by atoms with E-state index < -0.39 is 0 Å². The van der Waals surface area contributed by atoms with Crippen molar-refractivity contribution in [3.8, 4) is 5.88 Å². The Kier molecular flexibility index (Phi) is 4.74. The number of nitrogens with zero attached hydrogens (tertiary/aromatic N) is 3. The summed E-state index contributed by atoms with van der Waals surface area (Å²) in [7, 11) is 1.61.